The van der Waals surface area contributed by atoms with Crippen molar-refractivity contribution in [1.29, 1.82) is 0 Å². The first-order valence-corrected chi connectivity index (χ1v) is 8.86. The van der Waals surface area contributed by atoms with Crippen LogP contribution in [0, 0.1) is 0 Å². The first-order chi connectivity index (χ1) is 9.12. The van der Waals surface area contributed by atoms with Crippen LogP contribution in [-0.2, 0) is 13.6 Å². The monoisotopic (exact) mass is 291 g/mol. The van der Waals surface area contributed by atoms with E-state index in [0.717, 1.165) is 25.7 Å². The topological polar surface area (TPSA) is 64.6 Å². The summed E-state index contributed by atoms with van der Waals surface area (Å²) in [6.45, 7) is 3.81. The van der Waals surface area contributed by atoms with Crippen LogP contribution in [0.1, 0.15) is 58.8 Å². The maximum atomic E-state index is 12.3. The van der Waals surface area contributed by atoms with Gasteiger partial charge in [0.2, 0.25) is 0 Å². The quantitative estimate of drug-likeness (QED) is 0.749. The van der Waals surface area contributed by atoms with Gasteiger partial charge in [-0.15, -0.1) is 0 Å². The van der Waals surface area contributed by atoms with E-state index in [1.54, 1.807) is 13.8 Å². The Kier molecular flexibility index (Phi) is 7.66. The Morgan fingerprint density at radius 2 is 1.53 bits per heavy atom. The van der Waals surface area contributed by atoms with Crippen LogP contribution in [0.3, 0.4) is 0 Å². The van der Waals surface area contributed by atoms with E-state index in [-0.39, 0.29) is 19.3 Å². The van der Waals surface area contributed by atoms with Crippen molar-refractivity contribution in [3.63, 3.8) is 0 Å². The van der Waals surface area contributed by atoms with Gasteiger partial charge in [0, 0.05) is 6.04 Å². The molecule has 0 radical (unpaired) electrons. The maximum Gasteiger partial charge on any atom is 0.418 e. The Balaban J connectivity index is 2.56. The molecule has 0 aromatic carbocycles. The highest BCUT2D eigenvalue weighted by atomic mass is 31.2. The Hall–Kier alpha value is -0.380. The highest BCUT2D eigenvalue weighted by Gasteiger charge is 2.35. The number of carbonyl (C=O) groups is 1. The molecule has 1 N–H and O–H groups in total. The first kappa shape index (κ1) is 16.7. The van der Waals surface area contributed by atoms with Crippen molar-refractivity contribution in [3.8, 4) is 0 Å². The molecule has 0 unspecified atom stereocenters. The second-order valence-corrected chi connectivity index (χ2v) is 6.74. The number of hydrogen-bond donors (Lipinski definition) is 1. The lowest BCUT2D eigenvalue weighted by atomic mass is 9.97. The Labute approximate surface area is 116 Å². The van der Waals surface area contributed by atoms with Crippen molar-refractivity contribution < 1.29 is 18.4 Å². The lowest BCUT2D eigenvalue weighted by molar-refractivity contribution is 0.204. The molecule has 1 fully saturated rings. The summed E-state index contributed by atoms with van der Waals surface area (Å²) in [4.78, 5) is 12.1. The van der Waals surface area contributed by atoms with Crippen molar-refractivity contribution in [3.05, 3.63) is 0 Å². The summed E-state index contributed by atoms with van der Waals surface area (Å²) in [7, 11) is -3.65. The molecule has 1 saturated carbocycles. The number of amides is 1. The van der Waals surface area contributed by atoms with Crippen LogP contribution in [0.25, 0.3) is 0 Å². The van der Waals surface area contributed by atoms with Gasteiger partial charge in [-0.3, -0.25) is 4.79 Å². The molecule has 0 aromatic rings. The summed E-state index contributed by atoms with van der Waals surface area (Å²) in [5, 5.41) is 2.84. The first-order valence-electron chi connectivity index (χ1n) is 7.32. The fraction of sp³-hybridized carbons (Fsp3) is 0.923. The normalized spacial score (nSPS) is 18.6. The SMILES string of the molecule is CCOP(=O)(OCC)C(=O)NC1CCCCCCC1. The van der Waals surface area contributed by atoms with Gasteiger partial charge in [-0.2, -0.15) is 0 Å². The van der Waals surface area contributed by atoms with E-state index in [1.165, 1.54) is 19.3 Å². The van der Waals surface area contributed by atoms with Crippen molar-refractivity contribution in [1.82, 2.24) is 5.32 Å². The summed E-state index contributed by atoms with van der Waals surface area (Å²) in [5.41, 5.74) is -0.582. The molecular formula is C13H26NO4P. The van der Waals surface area contributed by atoms with Crippen molar-refractivity contribution in [2.45, 2.75) is 64.8 Å². The lowest BCUT2D eigenvalue weighted by Gasteiger charge is -2.23. The third-order valence-corrected chi connectivity index (χ3v) is 5.10. The molecule has 0 bridgehead atoms. The average molecular weight is 291 g/mol. The molecule has 1 aliphatic rings. The van der Waals surface area contributed by atoms with Gasteiger partial charge in [-0.25, -0.2) is 4.57 Å². The van der Waals surface area contributed by atoms with E-state index in [2.05, 4.69) is 5.32 Å². The molecule has 0 aliphatic heterocycles. The third kappa shape index (κ3) is 5.64. The minimum Gasteiger partial charge on any atom is -0.343 e. The van der Waals surface area contributed by atoms with Gasteiger partial charge in [0.05, 0.1) is 13.2 Å². The van der Waals surface area contributed by atoms with E-state index < -0.39 is 13.2 Å². The van der Waals surface area contributed by atoms with Crippen LogP contribution >= 0.6 is 7.60 Å². The zero-order valence-electron chi connectivity index (χ0n) is 12.0. The molecule has 0 saturated heterocycles. The zero-order chi connectivity index (χ0) is 14.1. The van der Waals surface area contributed by atoms with Gasteiger partial charge in [0.15, 0.2) is 0 Å². The molecule has 112 valence electrons. The molecule has 6 heteroatoms. The molecule has 19 heavy (non-hydrogen) atoms. The molecule has 1 amide bonds. The van der Waals surface area contributed by atoms with Gasteiger partial charge in [-0.05, 0) is 26.7 Å². The summed E-state index contributed by atoms with van der Waals surface area (Å²) >= 11 is 0. The Bertz CT molecular complexity index is 304. The molecule has 0 heterocycles. The van der Waals surface area contributed by atoms with Gasteiger partial charge in [0.1, 0.15) is 0 Å². The van der Waals surface area contributed by atoms with Crippen LogP contribution in [0.2, 0.25) is 0 Å². The number of hydrogen-bond acceptors (Lipinski definition) is 4. The lowest BCUT2D eigenvalue weighted by Crippen LogP contribution is -2.35. The van der Waals surface area contributed by atoms with Gasteiger partial charge >= 0.3 is 13.2 Å². The molecule has 0 atom stereocenters. The van der Waals surface area contributed by atoms with Crippen LogP contribution in [-0.4, -0.2) is 24.9 Å². The van der Waals surface area contributed by atoms with E-state index in [0.29, 0.717) is 0 Å². The Morgan fingerprint density at radius 1 is 1.05 bits per heavy atom. The minimum atomic E-state index is -3.65. The van der Waals surface area contributed by atoms with E-state index in [9.17, 15) is 9.36 Å². The summed E-state index contributed by atoms with van der Waals surface area (Å²) in [6, 6.07) is 0.0991. The predicted octanol–water partition coefficient (Wildman–Crippen LogP) is 4.08. The van der Waals surface area contributed by atoms with Crippen LogP contribution in [0.4, 0.5) is 4.79 Å². The Morgan fingerprint density at radius 3 is 2.00 bits per heavy atom. The highest BCUT2D eigenvalue weighted by Crippen LogP contribution is 2.48. The van der Waals surface area contributed by atoms with Crippen LogP contribution in [0.5, 0.6) is 0 Å². The second kappa shape index (κ2) is 8.72. The predicted molar refractivity (Wildman–Crippen MR) is 75.5 cm³/mol. The maximum absolute atomic E-state index is 12.3. The second-order valence-electron chi connectivity index (χ2n) is 4.82. The van der Waals surface area contributed by atoms with Crippen molar-refractivity contribution in [2.24, 2.45) is 0 Å². The van der Waals surface area contributed by atoms with Gasteiger partial charge in [0.25, 0.3) is 0 Å². The largest absolute Gasteiger partial charge is 0.418 e. The van der Waals surface area contributed by atoms with Crippen LogP contribution < -0.4 is 5.32 Å². The summed E-state index contributed by atoms with van der Waals surface area (Å²) in [5.74, 6) is 0. The third-order valence-electron chi connectivity index (χ3n) is 3.28. The molecule has 1 aliphatic carbocycles. The van der Waals surface area contributed by atoms with Gasteiger partial charge < -0.3 is 14.4 Å². The summed E-state index contributed by atoms with van der Waals surface area (Å²) < 4.78 is 22.4. The van der Waals surface area contributed by atoms with Crippen LogP contribution in [0.15, 0.2) is 0 Å². The highest BCUT2D eigenvalue weighted by molar-refractivity contribution is 7.71. The number of carbonyl (C=O) groups excluding carboxylic acids is 1. The molecule has 5 nitrogen and oxygen atoms in total. The van der Waals surface area contributed by atoms with Gasteiger partial charge in [-0.1, -0.05) is 32.1 Å². The van der Waals surface area contributed by atoms with E-state index >= 15 is 0 Å². The fourth-order valence-electron chi connectivity index (χ4n) is 2.35. The smallest absolute Gasteiger partial charge is 0.343 e. The molecular weight excluding hydrogens is 265 g/mol. The average Bonchev–Trinajstić information content (AvgIpc) is 2.32. The molecule has 0 aromatic heterocycles. The number of nitrogens with one attached hydrogen (secondary N) is 1. The number of rotatable bonds is 6. The summed E-state index contributed by atoms with van der Waals surface area (Å²) in [6.07, 6.45) is 7.81. The molecule has 1 rings (SSSR count). The standard InChI is InChI=1S/C13H26NO4P/c1-3-17-19(16,18-4-2)13(15)14-12-10-8-6-5-7-9-11-12/h12H,3-11H2,1-2H3,(H,14,15). The van der Waals surface area contributed by atoms with Crippen molar-refractivity contribution >= 4 is 13.2 Å². The van der Waals surface area contributed by atoms with E-state index in [4.69, 9.17) is 9.05 Å². The van der Waals surface area contributed by atoms with E-state index in [1.807, 2.05) is 0 Å². The van der Waals surface area contributed by atoms with Crippen molar-refractivity contribution in [2.75, 3.05) is 13.2 Å². The zero-order valence-corrected chi connectivity index (χ0v) is 12.9. The minimum absolute atomic E-state index is 0.0991. The molecule has 0 spiro atoms. The fourth-order valence-corrected chi connectivity index (χ4v) is 3.68.